The van der Waals surface area contributed by atoms with Crippen molar-refractivity contribution in [3.05, 3.63) is 70.7 Å². The number of nitrogens with one attached hydrogen (secondary N) is 2. The SMILES string of the molecule is CCOC(=O)C1=C(COC(=O)c2cc(C)nc3c2cnn3C(C)C)NC(=O)N[C@H]1c1ccccc1. The molecule has 0 bridgehead atoms. The van der Waals surface area contributed by atoms with Crippen LogP contribution in [0.1, 0.15) is 54.5 Å². The zero-order valence-corrected chi connectivity index (χ0v) is 20.0. The molecule has 4 rings (SSSR count). The number of hydrogen-bond donors (Lipinski definition) is 2. The van der Waals surface area contributed by atoms with Gasteiger partial charge in [-0.1, -0.05) is 30.3 Å². The van der Waals surface area contributed by atoms with Gasteiger partial charge in [0.1, 0.15) is 6.61 Å². The number of aryl methyl sites for hydroxylation is 1. The molecule has 3 heterocycles. The zero-order valence-electron chi connectivity index (χ0n) is 20.0. The normalized spacial score (nSPS) is 15.7. The van der Waals surface area contributed by atoms with Crippen LogP contribution in [0.3, 0.4) is 0 Å². The molecular formula is C25H27N5O5. The summed E-state index contributed by atoms with van der Waals surface area (Å²) in [7, 11) is 0. The van der Waals surface area contributed by atoms with Crippen LogP contribution in [0.15, 0.2) is 53.9 Å². The van der Waals surface area contributed by atoms with E-state index >= 15 is 0 Å². The lowest BCUT2D eigenvalue weighted by Gasteiger charge is -2.29. The fourth-order valence-corrected chi connectivity index (χ4v) is 3.98. The Hall–Kier alpha value is -4.21. The first-order valence-electron chi connectivity index (χ1n) is 11.3. The fourth-order valence-electron chi connectivity index (χ4n) is 3.98. The maximum atomic E-state index is 13.1. The minimum atomic E-state index is -0.753. The first-order valence-corrected chi connectivity index (χ1v) is 11.3. The molecule has 0 unspecified atom stereocenters. The van der Waals surface area contributed by atoms with Crippen LogP contribution in [-0.4, -0.2) is 45.9 Å². The number of pyridine rings is 1. The van der Waals surface area contributed by atoms with Gasteiger partial charge in [0.15, 0.2) is 5.65 Å². The van der Waals surface area contributed by atoms with Gasteiger partial charge in [-0.15, -0.1) is 0 Å². The molecular weight excluding hydrogens is 450 g/mol. The number of carbonyl (C=O) groups is 3. The van der Waals surface area contributed by atoms with Crippen molar-refractivity contribution in [2.75, 3.05) is 13.2 Å². The molecule has 2 aromatic heterocycles. The van der Waals surface area contributed by atoms with Crippen molar-refractivity contribution < 1.29 is 23.9 Å². The predicted octanol–water partition coefficient (Wildman–Crippen LogP) is 3.35. The molecule has 0 saturated heterocycles. The zero-order chi connectivity index (χ0) is 25.1. The van der Waals surface area contributed by atoms with E-state index in [0.717, 1.165) is 0 Å². The van der Waals surface area contributed by atoms with E-state index in [1.54, 1.807) is 55.1 Å². The van der Waals surface area contributed by atoms with Gasteiger partial charge in [-0.3, -0.25) is 0 Å². The Bertz CT molecular complexity index is 1310. The maximum absolute atomic E-state index is 13.1. The monoisotopic (exact) mass is 477 g/mol. The van der Waals surface area contributed by atoms with E-state index < -0.39 is 24.0 Å². The second-order valence-corrected chi connectivity index (χ2v) is 8.36. The van der Waals surface area contributed by atoms with Crippen molar-refractivity contribution in [1.82, 2.24) is 25.4 Å². The molecule has 0 aliphatic carbocycles. The van der Waals surface area contributed by atoms with Crippen molar-refractivity contribution in [1.29, 1.82) is 0 Å². The van der Waals surface area contributed by atoms with Gasteiger partial charge in [0.25, 0.3) is 0 Å². The Morgan fingerprint density at radius 3 is 2.57 bits per heavy atom. The smallest absolute Gasteiger partial charge is 0.339 e. The summed E-state index contributed by atoms with van der Waals surface area (Å²) in [5.74, 6) is -1.23. The van der Waals surface area contributed by atoms with Crippen LogP contribution in [0, 0.1) is 6.92 Å². The number of nitrogens with zero attached hydrogens (tertiary/aromatic N) is 3. The summed E-state index contributed by atoms with van der Waals surface area (Å²) in [6.07, 6.45) is 1.58. The van der Waals surface area contributed by atoms with Gasteiger partial charge in [-0.2, -0.15) is 5.10 Å². The van der Waals surface area contributed by atoms with Gasteiger partial charge in [0, 0.05) is 11.7 Å². The Morgan fingerprint density at radius 2 is 1.89 bits per heavy atom. The highest BCUT2D eigenvalue weighted by atomic mass is 16.5. The molecule has 0 fully saturated rings. The second kappa shape index (κ2) is 9.96. The number of fused-ring (bicyclic) bond motifs is 1. The van der Waals surface area contributed by atoms with Crippen molar-refractivity contribution in [2.24, 2.45) is 0 Å². The number of carbonyl (C=O) groups excluding carboxylic acids is 3. The highest BCUT2D eigenvalue weighted by Gasteiger charge is 2.34. The van der Waals surface area contributed by atoms with Gasteiger partial charge in [-0.25, -0.2) is 24.0 Å². The Morgan fingerprint density at radius 1 is 1.14 bits per heavy atom. The van der Waals surface area contributed by atoms with Crippen LogP contribution in [0.5, 0.6) is 0 Å². The summed E-state index contributed by atoms with van der Waals surface area (Å²) in [5, 5.41) is 10.3. The molecule has 10 nitrogen and oxygen atoms in total. The third kappa shape index (κ3) is 4.86. The number of hydrogen-bond acceptors (Lipinski definition) is 7. The number of rotatable bonds is 7. The van der Waals surface area contributed by atoms with Gasteiger partial charge in [0.05, 0.1) is 41.1 Å². The van der Waals surface area contributed by atoms with E-state index in [9.17, 15) is 14.4 Å². The third-order valence-electron chi connectivity index (χ3n) is 5.53. The molecule has 0 radical (unpaired) electrons. The molecule has 1 aliphatic heterocycles. The predicted molar refractivity (Wildman–Crippen MR) is 127 cm³/mol. The molecule has 35 heavy (non-hydrogen) atoms. The standard InChI is InChI=1S/C25H27N5O5/c1-5-34-24(32)20-19(28-25(33)29-21(20)16-9-7-6-8-10-16)13-35-23(31)17-11-15(4)27-22-18(17)12-26-30(22)14(2)3/h6-12,14,21H,5,13H2,1-4H3,(H2,28,29,33)/t21-/m0/s1. The third-order valence-corrected chi connectivity index (χ3v) is 5.53. The lowest BCUT2D eigenvalue weighted by molar-refractivity contribution is -0.139. The summed E-state index contributed by atoms with van der Waals surface area (Å²) in [6, 6.07) is 9.45. The van der Waals surface area contributed by atoms with E-state index in [2.05, 4.69) is 20.7 Å². The van der Waals surface area contributed by atoms with Gasteiger partial charge in [0.2, 0.25) is 0 Å². The maximum Gasteiger partial charge on any atom is 0.339 e. The molecule has 2 N–H and O–H groups in total. The summed E-state index contributed by atoms with van der Waals surface area (Å²) >= 11 is 0. The number of benzene rings is 1. The summed E-state index contributed by atoms with van der Waals surface area (Å²) < 4.78 is 12.6. The Kier molecular flexibility index (Phi) is 6.81. The molecule has 1 atom stereocenters. The average Bonchev–Trinajstić information content (AvgIpc) is 3.26. The van der Waals surface area contributed by atoms with Crippen LogP contribution >= 0.6 is 0 Å². The average molecular weight is 478 g/mol. The lowest BCUT2D eigenvalue weighted by atomic mass is 9.95. The molecule has 10 heteroatoms. The first kappa shape index (κ1) is 23.9. The summed E-state index contributed by atoms with van der Waals surface area (Å²) in [5.41, 5.74) is 2.55. The van der Waals surface area contributed by atoms with Gasteiger partial charge >= 0.3 is 18.0 Å². The Balaban J connectivity index is 1.68. The molecule has 3 aromatic rings. The number of amides is 2. The van der Waals surface area contributed by atoms with Gasteiger partial charge < -0.3 is 20.1 Å². The van der Waals surface area contributed by atoms with Gasteiger partial charge in [-0.05, 0) is 39.3 Å². The number of esters is 2. The minimum absolute atomic E-state index is 0.0582. The lowest BCUT2D eigenvalue weighted by Crippen LogP contribution is -2.47. The number of ether oxygens (including phenoxy) is 2. The van der Waals surface area contributed by atoms with E-state index in [-0.39, 0.29) is 30.5 Å². The quantitative estimate of drug-likeness (QED) is 0.500. The van der Waals surface area contributed by atoms with Crippen LogP contribution in [0.2, 0.25) is 0 Å². The highest BCUT2D eigenvalue weighted by molar-refractivity contribution is 6.03. The van der Waals surface area contributed by atoms with Crippen molar-refractivity contribution in [3.63, 3.8) is 0 Å². The molecule has 182 valence electrons. The van der Waals surface area contributed by atoms with E-state index in [1.165, 1.54) is 0 Å². The number of urea groups is 1. The minimum Gasteiger partial charge on any atom is -0.463 e. The Labute approximate surface area is 202 Å². The van der Waals surface area contributed by atoms with Crippen LogP contribution < -0.4 is 10.6 Å². The topological polar surface area (TPSA) is 124 Å². The van der Waals surface area contributed by atoms with E-state index in [0.29, 0.717) is 27.9 Å². The summed E-state index contributed by atoms with van der Waals surface area (Å²) in [6.45, 7) is 7.25. The summed E-state index contributed by atoms with van der Waals surface area (Å²) in [4.78, 5) is 42.9. The molecule has 1 aromatic carbocycles. The molecule has 0 spiro atoms. The van der Waals surface area contributed by atoms with Crippen LogP contribution in [-0.2, 0) is 14.3 Å². The van der Waals surface area contributed by atoms with Crippen molar-refractivity contribution in [3.8, 4) is 0 Å². The number of aromatic nitrogens is 3. The van der Waals surface area contributed by atoms with Crippen molar-refractivity contribution in [2.45, 2.75) is 39.8 Å². The largest absolute Gasteiger partial charge is 0.463 e. The molecule has 0 saturated carbocycles. The van der Waals surface area contributed by atoms with E-state index in [1.807, 2.05) is 19.9 Å². The van der Waals surface area contributed by atoms with Crippen molar-refractivity contribution >= 4 is 29.0 Å². The highest BCUT2D eigenvalue weighted by Crippen LogP contribution is 2.28. The van der Waals surface area contributed by atoms with E-state index in [4.69, 9.17) is 9.47 Å². The van der Waals surface area contributed by atoms with Crippen LogP contribution in [0.4, 0.5) is 4.79 Å². The first-order chi connectivity index (χ1) is 16.8. The fraction of sp³-hybridized carbons (Fsp3) is 0.320. The molecule has 2 amide bonds. The van der Waals surface area contributed by atoms with Crippen LogP contribution in [0.25, 0.3) is 11.0 Å². The second-order valence-electron chi connectivity index (χ2n) is 8.36. The molecule has 1 aliphatic rings.